The number of hydrogen-bond acceptors (Lipinski definition) is 2. The van der Waals surface area contributed by atoms with E-state index in [-0.39, 0.29) is 24.0 Å². The van der Waals surface area contributed by atoms with E-state index in [1.807, 2.05) is 12.4 Å². The van der Waals surface area contributed by atoms with E-state index >= 15 is 0 Å². The van der Waals surface area contributed by atoms with Crippen LogP contribution < -0.4 is 10.6 Å². The molecule has 3 aromatic rings. The minimum absolute atomic E-state index is 0. The molecule has 3 N–H and O–H groups in total. The molecule has 0 amide bonds. The van der Waals surface area contributed by atoms with Crippen molar-refractivity contribution in [1.82, 2.24) is 20.6 Å². The first-order valence-corrected chi connectivity index (χ1v) is 8.67. The van der Waals surface area contributed by atoms with Gasteiger partial charge in [-0.2, -0.15) is 0 Å². The SMILES string of the molecule is CN=C(NCCc1ccncc1C)NCCc1c[nH]c2ccccc12.I. The smallest absolute Gasteiger partial charge is 0.190 e. The van der Waals surface area contributed by atoms with Crippen molar-refractivity contribution in [2.45, 2.75) is 19.8 Å². The summed E-state index contributed by atoms with van der Waals surface area (Å²) in [5, 5.41) is 8.05. The summed E-state index contributed by atoms with van der Waals surface area (Å²) in [6, 6.07) is 10.5. The molecule has 0 unspecified atom stereocenters. The number of aliphatic imine (C=N–C) groups is 1. The fourth-order valence-corrected chi connectivity index (χ4v) is 2.97. The van der Waals surface area contributed by atoms with Crippen molar-refractivity contribution in [2.24, 2.45) is 4.99 Å². The average Bonchev–Trinajstić information content (AvgIpc) is 3.05. The maximum Gasteiger partial charge on any atom is 0.190 e. The number of hydrogen-bond donors (Lipinski definition) is 3. The molecule has 0 aliphatic carbocycles. The number of para-hydroxylation sites is 1. The first-order chi connectivity index (χ1) is 12.3. The predicted octanol–water partition coefficient (Wildman–Crippen LogP) is 3.44. The Morgan fingerprint density at radius 3 is 2.54 bits per heavy atom. The third kappa shape index (κ3) is 5.20. The van der Waals surface area contributed by atoms with Gasteiger partial charge in [0.1, 0.15) is 0 Å². The van der Waals surface area contributed by atoms with Crippen LogP contribution in [0.4, 0.5) is 0 Å². The highest BCUT2D eigenvalue weighted by Gasteiger charge is 2.04. The van der Waals surface area contributed by atoms with E-state index in [0.717, 1.165) is 31.9 Å². The largest absolute Gasteiger partial charge is 0.361 e. The number of rotatable bonds is 6. The van der Waals surface area contributed by atoms with Crippen molar-refractivity contribution in [3.8, 4) is 0 Å². The molecule has 0 radical (unpaired) electrons. The number of nitrogens with one attached hydrogen (secondary N) is 3. The van der Waals surface area contributed by atoms with E-state index in [4.69, 9.17) is 0 Å². The lowest BCUT2D eigenvalue weighted by atomic mass is 10.1. The molecular formula is C20H26IN5. The van der Waals surface area contributed by atoms with Crippen LogP contribution in [0.3, 0.4) is 0 Å². The van der Waals surface area contributed by atoms with Gasteiger partial charge in [0.25, 0.3) is 0 Å². The van der Waals surface area contributed by atoms with Crippen LogP contribution in [0, 0.1) is 6.92 Å². The van der Waals surface area contributed by atoms with E-state index < -0.39 is 0 Å². The van der Waals surface area contributed by atoms with E-state index in [9.17, 15) is 0 Å². The molecular weight excluding hydrogens is 437 g/mol. The molecule has 0 bridgehead atoms. The van der Waals surface area contributed by atoms with Crippen LogP contribution in [0.2, 0.25) is 0 Å². The van der Waals surface area contributed by atoms with Crippen molar-refractivity contribution >= 4 is 40.8 Å². The number of nitrogens with zero attached hydrogens (tertiary/aromatic N) is 2. The number of fused-ring (bicyclic) bond motifs is 1. The van der Waals surface area contributed by atoms with Gasteiger partial charge in [-0.3, -0.25) is 9.98 Å². The Morgan fingerprint density at radius 1 is 1.08 bits per heavy atom. The minimum Gasteiger partial charge on any atom is -0.361 e. The van der Waals surface area contributed by atoms with Crippen LogP contribution in [-0.2, 0) is 12.8 Å². The Balaban J connectivity index is 0.00000243. The summed E-state index contributed by atoms with van der Waals surface area (Å²) in [6.45, 7) is 3.78. The lowest BCUT2D eigenvalue weighted by Gasteiger charge is -2.12. The van der Waals surface area contributed by atoms with Gasteiger partial charge in [0.15, 0.2) is 5.96 Å². The highest BCUT2D eigenvalue weighted by molar-refractivity contribution is 14.0. The van der Waals surface area contributed by atoms with Gasteiger partial charge in [0.05, 0.1) is 0 Å². The molecule has 1 aromatic carbocycles. The second-order valence-corrected chi connectivity index (χ2v) is 6.09. The summed E-state index contributed by atoms with van der Waals surface area (Å²) < 4.78 is 0. The number of guanidine groups is 1. The fraction of sp³-hybridized carbons (Fsp3) is 0.300. The van der Waals surface area contributed by atoms with Gasteiger partial charge in [0.2, 0.25) is 0 Å². The summed E-state index contributed by atoms with van der Waals surface area (Å²) >= 11 is 0. The zero-order valence-corrected chi connectivity index (χ0v) is 17.6. The van der Waals surface area contributed by atoms with E-state index in [0.29, 0.717) is 0 Å². The molecule has 26 heavy (non-hydrogen) atoms. The first kappa shape index (κ1) is 20.2. The second kappa shape index (κ2) is 10.2. The normalized spacial score (nSPS) is 11.2. The molecule has 0 aliphatic heterocycles. The molecule has 0 saturated heterocycles. The zero-order chi connectivity index (χ0) is 17.5. The molecule has 0 spiro atoms. The van der Waals surface area contributed by atoms with Gasteiger partial charge in [-0.1, -0.05) is 18.2 Å². The zero-order valence-electron chi connectivity index (χ0n) is 15.2. The second-order valence-electron chi connectivity index (χ2n) is 6.09. The van der Waals surface area contributed by atoms with Crippen molar-refractivity contribution in [1.29, 1.82) is 0 Å². The topological polar surface area (TPSA) is 65.1 Å². The van der Waals surface area contributed by atoms with Crippen LogP contribution in [0.1, 0.15) is 16.7 Å². The summed E-state index contributed by atoms with van der Waals surface area (Å²) in [5.74, 6) is 0.839. The summed E-state index contributed by atoms with van der Waals surface area (Å²) in [5.41, 5.74) is 5.06. The first-order valence-electron chi connectivity index (χ1n) is 8.67. The molecule has 0 aliphatic rings. The van der Waals surface area contributed by atoms with Gasteiger partial charge < -0.3 is 15.6 Å². The van der Waals surface area contributed by atoms with Crippen LogP contribution in [-0.4, -0.2) is 36.1 Å². The number of halogens is 1. The Bertz CT molecular complexity index is 856. The number of pyridine rings is 1. The Hall–Kier alpha value is -2.09. The Kier molecular flexibility index (Phi) is 7.90. The minimum atomic E-state index is 0. The fourth-order valence-electron chi connectivity index (χ4n) is 2.97. The number of aromatic amines is 1. The maximum atomic E-state index is 4.30. The lowest BCUT2D eigenvalue weighted by molar-refractivity contribution is 0.783. The maximum absolute atomic E-state index is 4.30. The number of H-pyrrole nitrogens is 1. The standard InChI is InChI=1S/C20H25N5.HI/c1-15-13-22-10-7-16(15)8-11-23-20(21-2)24-12-9-17-14-25-19-6-4-3-5-18(17)19;/h3-7,10,13-14,25H,8-9,11-12H2,1-2H3,(H2,21,23,24);1H. The van der Waals surface area contributed by atoms with Gasteiger partial charge in [-0.25, -0.2) is 0 Å². The molecule has 2 aromatic heterocycles. The summed E-state index contributed by atoms with van der Waals surface area (Å²) in [7, 11) is 1.80. The van der Waals surface area contributed by atoms with Crippen LogP contribution in [0.25, 0.3) is 10.9 Å². The predicted molar refractivity (Wildman–Crippen MR) is 119 cm³/mol. The van der Waals surface area contributed by atoms with Crippen molar-refractivity contribution in [2.75, 3.05) is 20.1 Å². The quantitative estimate of drug-likeness (QED) is 0.298. The van der Waals surface area contributed by atoms with E-state index in [1.165, 1.54) is 27.6 Å². The molecule has 0 atom stereocenters. The molecule has 3 rings (SSSR count). The number of aryl methyl sites for hydroxylation is 1. The number of aromatic nitrogens is 2. The highest BCUT2D eigenvalue weighted by Crippen LogP contribution is 2.17. The molecule has 2 heterocycles. The summed E-state index contributed by atoms with van der Waals surface area (Å²) in [6.07, 6.45) is 7.75. The molecule has 6 heteroatoms. The van der Waals surface area contributed by atoms with Crippen molar-refractivity contribution in [3.63, 3.8) is 0 Å². The van der Waals surface area contributed by atoms with Crippen molar-refractivity contribution in [3.05, 3.63) is 65.6 Å². The van der Waals surface area contributed by atoms with Gasteiger partial charge in [-0.15, -0.1) is 24.0 Å². The Morgan fingerprint density at radius 2 is 1.81 bits per heavy atom. The monoisotopic (exact) mass is 463 g/mol. The third-order valence-electron chi connectivity index (χ3n) is 4.41. The van der Waals surface area contributed by atoms with E-state index in [1.54, 1.807) is 7.05 Å². The summed E-state index contributed by atoms with van der Waals surface area (Å²) in [4.78, 5) is 11.7. The van der Waals surface area contributed by atoms with Crippen LogP contribution >= 0.6 is 24.0 Å². The Labute approximate surface area is 171 Å². The average molecular weight is 463 g/mol. The molecule has 5 nitrogen and oxygen atoms in total. The number of benzene rings is 1. The van der Waals surface area contributed by atoms with Gasteiger partial charge in [0, 0.05) is 49.6 Å². The van der Waals surface area contributed by atoms with E-state index in [2.05, 4.69) is 69.0 Å². The van der Waals surface area contributed by atoms with Gasteiger partial charge >= 0.3 is 0 Å². The molecule has 138 valence electrons. The van der Waals surface area contributed by atoms with Crippen LogP contribution in [0.5, 0.6) is 0 Å². The molecule has 0 fully saturated rings. The molecule has 0 saturated carbocycles. The lowest BCUT2D eigenvalue weighted by Crippen LogP contribution is -2.39. The van der Waals surface area contributed by atoms with Crippen molar-refractivity contribution < 1.29 is 0 Å². The van der Waals surface area contributed by atoms with Crippen LogP contribution in [0.15, 0.2) is 53.9 Å². The highest BCUT2D eigenvalue weighted by atomic mass is 127. The third-order valence-corrected chi connectivity index (χ3v) is 4.41. The van der Waals surface area contributed by atoms with Gasteiger partial charge in [-0.05, 0) is 48.6 Å².